The fourth-order valence-electron chi connectivity index (χ4n) is 3.35. The van der Waals surface area contributed by atoms with E-state index in [0.717, 1.165) is 31.2 Å². The third-order valence-corrected chi connectivity index (χ3v) is 4.63. The Kier molecular flexibility index (Phi) is 5.55. The smallest absolute Gasteiger partial charge is 0.148 e. The summed E-state index contributed by atoms with van der Waals surface area (Å²) in [5, 5.41) is 0. The van der Waals surface area contributed by atoms with Crippen molar-refractivity contribution in [2.24, 2.45) is 5.41 Å². The van der Waals surface area contributed by atoms with Gasteiger partial charge in [0, 0.05) is 12.8 Å². The van der Waals surface area contributed by atoms with Gasteiger partial charge in [0.2, 0.25) is 0 Å². The van der Waals surface area contributed by atoms with Crippen molar-refractivity contribution in [2.45, 2.75) is 58.3 Å². The molecule has 0 radical (unpaired) electrons. The molecule has 2 heteroatoms. The number of carbonyl (C=O) groups is 2. The summed E-state index contributed by atoms with van der Waals surface area (Å²) in [6, 6.07) is 9.81. The zero-order valence-electron chi connectivity index (χ0n) is 13.5. The van der Waals surface area contributed by atoms with Crippen LogP contribution < -0.4 is 0 Å². The highest BCUT2D eigenvalue weighted by Crippen LogP contribution is 2.47. The van der Waals surface area contributed by atoms with Crippen molar-refractivity contribution in [1.82, 2.24) is 0 Å². The Morgan fingerprint density at radius 2 is 2.05 bits per heavy atom. The third-order valence-electron chi connectivity index (χ3n) is 4.63. The molecule has 2 unspecified atom stereocenters. The first kappa shape index (κ1) is 16.5. The van der Waals surface area contributed by atoms with Crippen molar-refractivity contribution in [3.63, 3.8) is 0 Å². The van der Waals surface area contributed by atoms with Crippen molar-refractivity contribution < 1.29 is 9.59 Å². The number of rotatable bonds is 5. The summed E-state index contributed by atoms with van der Waals surface area (Å²) in [6.45, 7) is 3.68. The highest BCUT2D eigenvalue weighted by molar-refractivity contribution is 6.08. The molecule has 22 heavy (non-hydrogen) atoms. The molecule has 1 aliphatic carbocycles. The van der Waals surface area contributed by atoms with Gasteiger partial charge in [0.1, 0.15) is 17.0 Å². The van der Waals surface area contributed by atoms with E-state index < -0.39 is 5.41 Å². The second-order valence-electron chi connectivity index (χ2n) is 6.07. The van der Waals surface area contributed by atoms with Gasteiger partial charge in [0.15, 0.2) is 0 Å². The molecule has 0 bridgehead atoms. The molecular weight excluding hydrogens is 272 g/mol. The molecule has 0 aliphatic heterocycles. The van der Waals surface area contributed by atoms with Crippen LogP contribution in [0.2, 0.25) is 0 Å². The van der Waals surface area contributed by atoms with Gasteiger partial charge in [0.05, 0.1) is 5.92 Å². The first-order valence-corrected chi connectivity index (χ1v) is 8.20. The van der Waals surface area contributed by atoms with Crippen LogP contribution in [0.4, 0.5) is 0 Å². The first-order chi connectivity index (χ1) is 10.6. The minimum Gasteiger partial charge on any atom is -0.299 e. The van der Waals surface area contributed by atoms with Crippen LogP contribution in [-0.2, 0) is 9.59 Å². The lowest BCUT2D eigenvalue weighted by Gasteiger charge is -2.31. The summed E-state index contributed by atoms with van der Waals surface area (Å²) in [5.41, 5.74) is 0.0533. The fourth-order valence-corrected chi connectivity index (χ4v) is 3.35. The molecule has 1 aromatic rings. The van der Waals surface area contributed by atoms with Crippen LogP contribution in [0, 0.1) is 17.3 Å². The van der Waals surface area contributed by atoms with Crippen molar-refractivity contribution in [2.75, 3.05) is 0 Å². The normalized spacial score (nSPS) is 22.0. The molecule has 0 amide bonds. The maximum Gasteiger partial charge on any atom is 0.148 e. The number of hydrogen-bond donors (Lipinski definition) is 0. The van der Waals surface area contributed by atoms with Crippen molar-refractivity contribution >= 4 is 11.6 Å². The Balaban J connectivity index is 2.44. The van der Waals surface area contributed by atoms with E-state index in [2.05, 4.69) is 18.8 Å². The molecule has 1 aliphatic rings. The summed E-state index contributed by atoms with van der Waals surface area (Å²) < 4.78 is 0. The van der Waals surface area contributed by atoms with Gasteiger partial charge in [-0.25, -0.2) is 0 Å². The number of unbranched alkanes of at least 4 members (excludes halogenated alkanes) is 2. The van der Waals surface area contributed by atoms with Crippen LogP contribution in [0.5, 0.6) is 0 Å². The maximum absolute atomic E-state index is 12.6. The predicted octanol–water partition coefficient (Wildman–Crippen LogP) is 4.29. The standard InChI is InChI=1S/C20H24O2/c1-3-4-5-9-13-18(17-11-7-6-8-12-17)20(16(2)21)15-10-14-19(20)22/h6-8,11-12,18H,3-5,10,14-15H2,1-2H3. The predicted molar refractivity (Wildman–Crippen MR) is 88.5 cm³/mol. The monoisotopic (exact) mass is 296 g/mol. The van der Waals surface area contributed by atoms with Gasteiger partial charge >= 0.3 is 0 Å². The summed E-state index contributed by atoms with van der Waals surface area (Å²) >= 11 is 0. The second kappa shape index (κ2) is 7.40. The molecule has 0 saturated heterocycles. The molecule has 2 rings (SSSR count). The Labute approximate surface area is 133 Å². The van der Waals surface area contributed by atoms with E-state index >= 15 is 0 Å². The quantitative estimate of drug-likeness (QED) is 0.461. The van der Waals surface area contributed by atoms with Crippen LogP contribution in [-0.4, -0.2) is 11.6 Å². The van der Waals surface area contributed by atoms with Gasteiger partial charge in [-0.1, -0.05) is 49.6 Å². The van der Waals surface area contributed by atoms with Gasteiger partial charge in [0.25, 0.3) is 0 Å². The topological polar surface area (TPSA) is 34.1 Å². The minimum absolute atomic E-state index is 0.0337. The number of benzene rings is 1. The van der Waals surface area contributed by atoms with Gasteiger partial charge in [-0.05, 0) is 31.7 Å². The Morgan fingerprint density at radius 1 is 1.32 bits per heavy atom. The van der Waals surface area contributed by atoms with Crippen LogP contribution in [0.1, 0.15) is 63.9 Å². The van der Waals surface area contributed by atoms with Gasteiger partial charge < -0.3 is 0 Å². The number of hydrogen-bond acceptors (Lipinski definition) is 2. The average molecular weight is 296 g/mol. The number of ketones is 2. The van der Waals surface area contributed by atoms with Gasteiger partial charge in [-0.2, -0.15) is 0 Å². The molecular formula is C20H24O2. The lowest BCUT2D eigenvalue weighted by molar-refractivity contribution is -0.137. The lowest BCUT2D eigenvalue weighted by atomic mass is 9.68. The molecule has 1 fully saturated rings. The van der Waals surface area contributed by atoms with Crippen LogP contribution in [0.15, 0.2) is 30.3 Å². The molecule has 2 nitrogen and oxygen atoms in total. The Morgan fingerprint density at radius 3 is 2.59 bits per heavy atom. The highest BCUT2D eigenvalue weighted by Gasteiger charge is 2.51. The first-order valence-electron chi connectivity index (χ1n) is 8.20. The van der Waals surface area contributed by atoms with E-state index in [1.165, 1.54) is 0 Å². The SMILES string of the molecule is CCCCC#CC(c1ccccc1)C1(C(C)=O)CCCC1=O. The van der Waals surface area contributed by atoms with E-state index in [9.17, 15) is 9.59 Å². The zero-order valence-corrected chi connectivity index (χ0v) is 13.5. The summed E-state index contributed by atoms with van der Waals surface area (Å²) in [5.74, 6) is 6.21. The Hall–Kier alpha value is -1.88. The molecule has 0 N–H and O–H groups in total. The lowest BCUT2D eigenvalue weighted by Crippen LogP contribution is -2.39. The second-order valence-corrected chi connectivity index (χ2v) is 6.07. The van der Waals surface area contributed by atoms with Crippen LogP contribution >= 0.6 is 0 Å². The van der Waals surface area contributed by atoms with E-state index in [1.54, 1.807) is 6.92 Å². The average Bonchev–Trinajstić information content (AvgIpc) is 2.91. The molecule has 116 valence electrons. The number of carbonyl (C=O) groups excluding carboxylic acids is 2. The van der Waals surface area contributed by atoms with E-state index in [-0.39, 0.29) is 17.5 Å². The van der Waals surface area contributed by atoms with E-state index in [1.807, 2.05) is 30.3 Å². The molecule has 0 spiro atoms. The van der Waals surface area contributed by atoms with Gasteiger partial charge in [-0.15, -0.1) is 5.92 Å². The summed E-state index contributed by atoms with van der Waals surface area (Å²) in [7, 11) is 0. The number of Topliss-reactive ketones (excluding diaryl/α,β-unsaturated/α-hetero) is 2. The summed E-state index contributed by atoms with van der Waals surface area (Å²) in [4.78, 5) is 24.9. The Bertz CT molecular complexity index is 591. The van der Waals surface area contributed by atoms with Gasteiger partial charge in [-0.3, -0.25) is 9.59 Å². The van der Waals surface area contributed by atoms with Crippen molar-refractivity contribution in [3.8, 4) is 11.8 Å². The summed E-state index contributed by atoms with van der Waals surface area (Å²) in [6.07, 6.45) is 4.89. The molecule has 0 aromatic heterocycles. The third kappa shape index (κ3) is 3.14. The van der Waals surface area contributed by atoms with Crippen molar-refractivity contribution in [3.05, 3.63) is 35.9 Å². The van der Waals surface area contributed by atoms with Crippen LogP contribution in [0.25, 0.3) is 0 Å². The maximum atomic E-state index is 12.6. The van der Waals surface area contributed by atoms with Crippen molar-refractivity contribution in [1.29, 1.82) is 0 Å². The highest BCUT2D eigenvalue weighted by atomic mass is 16.2. The minimum atomic E-state index is -0.930. The molecule has 2 atom stereocenters. The largest absolute Gasteiger partial charge is 0.299 e. The molecule has 1 saturated carbocycles. The van der Waals surface area contributed by atoms with E-state index in [0.29, 0.717) is 12.8 Å². The molecule has 1 aromatic carbocycles. The fraction of sp³-hybridized carbons (Fsp3) is 0.500. The van der Waals surface area contributed by atoms with Crippen LogP contribution in [0.3, 0.4) is 0 Å². The zero-order chi connectivity index (χ0) is 16.0. The molecule has 0 heterocycles. The van der Waals surface area contributed by atoms with E-state index in [4.69, 9.17) is 0 Å².